The van der Waals surface area contributed by atoms with Crippen molar-refractivity contribution in [3.05, 3.63) is 57.3 Å². The van der Waals surface area contributed by atoms with Crippen molar-refractivity contribution >= 4 is 29.5 Å². The number of hydrogen-bond acceptors (Lipinski definition) is 1. The van der Waals surface area contributed by atoms with Gasteiger partial charge in [0.2, 0.25) is 0 Å². The van der Waals surface area contributed by atoms with E-state index in [1.54, 1.807) is 31.2 Å². The number of rotatable bonds is 2. The Morgan fingerprint density at radius 2 is 1.83 bits per heavy atom. The van der Waals surface area contributed by atoms with Gasteiger partial charge >= 0.3 is 0 Å². The number of hydrogen-bond donors (Lipinski definition) is 0. The third-order valence-corrected chi connectivity index (χ3v) is 3.23. The average molecular weight is 283 g/mol. The molecule has 0 amide bonds. The minimum atomic E-state index is -0.376. The largest absolute Gasteiger partial charge is 0.298 e. The molecule has 2 rings (SSSR count). The number of aldehydes is 1. The molecule has 0 unspecified atom stereocenters. The van der Waals surface area contributed by atoms with Crippen LogP contribution in [0.25, 0.3) is 11.1 Å². The standard InChI is InChI=1S/C14H9Cl2FO/c1-8-4-12(13(16)6-14(8)17)11-5-10(15)3-2-9(11)7-18/h2-7H,1H3. The van der Waals surface area contributed by atoms with Gasteiger partial charge in [-0.05, 0) is 48.4 Å². The van der Waals surface area contributed by atoms with E-state index in [9.17, 15) is 9.18 Å². The maximum absolute atomic E-state index is 13.4. The molecule has 0 N–H and O–H groups in total. The zero-order valence-electron chi connectivity index (χ0n) is 9.51. The fourth-order valence-electron chi connectivity index (χ4n) is 1.73. The summed E-state index contributed by atoms with van der Waals surface area (Å²) in [6.45, 7) is 1.64. The summed E-state index contributed by atoms with van der Waals surface area (Å²) in [7, 11) is 0. The van der Waals surface area contributed by atoms with E-state index in [0.29, 0.717) is 27.3 Å². The quantitative estimate of drug-likeness (QED) is 0.715. The second-order valence-corrected chi connectivity index (χ2v) is 4.77. The van der Waals surface area contributed by atoms with Gasteiger partial charge in [-0.1, -0.05) is 23.2 Å². The first-order valence-electron chi connectivity index (χ1n) is 5.23. The van der Waals surface area contributed by atoms with Crippen molar-refractivity contribution in [1.29, 1.82) is 0 Å². The predicted molar refractivity (Wildman–Crippen MR) is 72.0 cm³/mol. The number of aryl methyl sites for hydroxylation is 1. The van der Waals surface area contributed by atoms with Crippen LogP contribution in [-0.4, -0.2) is 6.29 Å². The van der Waals surface area contributed by atoms with Crippen molar-refractivity contribution in [1.82, 2.24) is 0 Å². The van der Waals surface area contributed by atoms with Crippen LogP contribution >= 0.6 is 23.2 Å². The van der Waals surface area contributed by atoms with Gasteiger partial charge < -0.3 is 0 Å². The highest BCUT2D eigenvalue weighted by atomic mass is 35.5. The summed E-state index contributed by atoms with van der Waals surface area (Å²) in [4.78, 5) is 11.0. The van der Waals surface area contributed by atoms with Crippen LogP contribution in [0.3, 0.4) is 0 Å². The molecule has 0 aliphatic heterocycles. The number of halogens is 3. The van der Waals surface area contributed by atoms with Gasteiger partial charge in [-0.25, -0.2) is 4.39 Å². The van der Waals surface area contributed by atoms with E-state index in [0.717, 1.165) is 6.29 Å². The van der Waals surface area contributed by atoms with Crippen LogP contribution in [0.1, 0.15) is 15.9 Å². The third-order valence-electron chi connectivity index (χ3n) is 2.68. The number of benzene rings is 2. The van der Waals surface area contributed by atoms with Crippen LogP contribution in [0.5, 0.6) is 0 Å². The lowest BCUT2D eigenvalue weighted by molar-refractivity contribution is 0.112. The average Bonchev–Trinajstić information content (AvgIpc) is 2.34. The Hall–Kier alpha value is -1.38. The van der Waals surface area contributed by atoms with E-state index in [1.165, 1.54) is 6.07 Å². The molecule has 0 saturated carbocycles. The lowest BCUT2D eigenvalue weighted by Gasteiger charge is -2.09. The zero-order valence-corrected chi connectivity index (χ0v) is 11.0. The van der Waals surface area contributed by atoms with Crippen molar-refractivity contribution in [3.8, 4) is 11.1 Å². The number of carbonyl (C=O) groups is 1. The van der Waals surface area contributed by atoms with Gasteiger partial charge in [0.15, 0.2) is 6.29 Å². The lowest BCUT2D eigenvalue weighted by atomic mass is 9.98. The first kappa shape index (κ1) is 13.1. The molecule has 0 atom stereocenters. The molecule has 1 nitrogen and oxygen atoms in total. The molecule has 0 aromatic heterocycles. The van der Waals surface area contributed by atoms with Gasteiger partial charge in [-0.2, -0.15) is 0 Å². The molecule has 2 aromatic carbocycles. The van der Waals surface area contributed by atoms with E-state index in [-0.39, 0.29) is 10.8 Å². The Morgan fingerprint density at radius 3 is 2.50 bits per heavy atom. The van der Waals surface area contributed by atoms with Gasteiger partial charge in [0, 0.05) is 16.1 Å². The Balaban J connectivity index is 2.72. The van der Waals surface area contributed by atoms with Crippen molar-refractivity contribution < 1.29 is 9.18 Å². The van der Waals surface area contributed by atoms with E-state index in [2.05, 4.69) is 0 Å². The van der Waals surface area contributed by atoms with Gasteiger partial charge in [0.05, 0.1) is 5.02 Å². The molecular weight excluding hydrogens is 274 g/mol. The Kier molecular flexibility index (Phi) is 3.69. The second-order valence-electron chi connectivity index (χ2n) is 3.93. The topological polar surface area (TPSA) is 17.1 Å². The molecule has 0 aliphatic carbocycles. The zero-order chi connectivity index (χ0) is 13.3. The Labute approximate surface area is 114 Å². The normalized spacial score (nSPS) is 10.4. The molecule has 0 heterocycles. The Bertz CT molecular complexity index is 623. The van der Waals surface area contributed by atoms with E-state index >= 15 is 0 Å². The maximum Gasteiger partial charge on any atom is 0.150 e. The summed E-state index contributed by atoms with van der Waals surface area (Å²) >= 11 is 11.9. The minimum Gasteiger partial charge on any atom is -0.298 e. The molecule has 0 fully saturated rings. The summed E-state index contributed by atoms with van der Waals surface area (Å²) in [5.41, 5.74) is 2.13. The molecular formula is C14H9Cl2FO. The van der Waals surface area contributed by atoms with Crippen LogP contribution in [0.4, 0.5) is 4.39 Å². The van der Waals surface area contributed by atoms with Crippen molar-refractivity contribution in [2.75, 3.05) is 0 Å². The first-order valence-corrected chi connectivity index (χ1v) is 5.99. The van der Waals surface area contributed by atoms with Gasteiger partial charge in [-0.3, -0.25) is 4.79 Å². The molecule has 0 aliphatic rings. The van der Waals surface area contributed by atoms with Crippen molar-refractivity contribution in [2.24, 2.45) is 0 Å². The summed E-state index contributed by atoms with van der Waals surface area (Å²) in [6, 6.07) is 7.72. The van der Waals surface area contributed by atoms with Crippen LogP contribution < -0.4 is 0 Å². The van der Waals surface area contributed by atoms with Gasteiger partial charge in [0.1, 0.15) is 5.82 Å². The lowest BCUT2D eigenvalue weighted by Crippen LogP contribution is -1.91. The molecule has 92 valence electrons. The van der Waals surface area contributed by atoms with Gasteiger partial charge in [-0.15, -0.1) is 0 Å². The highest BCUT2D eigenvalue weighted by molar-refractivity contribution is 6.34. The van der Waals surface area contributed by atoms with E-state index in [1.807, 2.05) is 0 Å². The van der Waals surface area contributed by atoms with E-state index in [4.69, 9.17) is 23.2 Å². The first-order chi connectivity index (χ1) is 8.52. The number of carbonyl (C=O) groups excluding carboxylic acids is 1. The fraction of sp³-hybridized carbons (Fsp3) is 0.0714. The van der Waals surface area contributed by atoms with Crippen LogP contribution in [0.15, 0.2) is 30.3 Å². The van der Waals surface area contributed by atoms with E-state index < -0.39 is 0 Å². The van der Waals surface area contributed by atoms with Crippen molar-refractivity contribution in [2.45, 2.75) is 6.92 Å². The van der Waals surface area contributed by atoms with Gasteiger partial charge in [0.25, 0.3) is 0 Å². The molecule has 18 heavy (non-hydrogen) atoms. The van der Waals surface area contributed by atoms with Crippen molar-refractivity contribution in [3.63, 3.8) is 0 Å². The highest BCUT2D eigenvalue weighted by Crippen LogP contribution is 2.33. The summed E-state index contributed by atoms with van der Waals surface area (Å²) in [5, 5.41) is 0.747. The predicted octanol–water partition coefficient (Wildman–Crippen LogP) is 4.92. The fourth-order valence-corrected chi connectivity index (χ4v) is 2.15. The summed E-state index contributed by atoms with van der Waals surface area (Å²) in [5.74, 6) is -0.376. The van der Waals surface area contributed by atoms with Crippen LogP contribution in [-0.2, 0) is 0 Å². The molecule has 0 spiro atoms. The SMILES string of the molecule is Cc1cc(-c2cc(Cl)ccc2C=O)c(Cl)cc1F. The third kappa shape index (κ3) is 2.40. The summed E-state index contributed by atoms with van der Waals surface area (Å²) in [6.07, 6.45) is 0.723. The molecule has 2 aromatic rings. The molecule has 4 heteroatoms. The van der Waals surface area contributed by atoms with Crippen LogP contribution in [0.2, 0.25) is 10.0 Å². The van der Waals surface area contributed by atoms with Crippen LogP contribution in [0, 0.1) is 12.7 Å². The molecule has 0 radical (unpaired) electrons. The Morgan fingerprint density at radius 1 is 1.11 bits per heavy atom. The molecule has 0 bridgehead atoms. The summed E-state index contributed by atoms with van der Waals surface area (Å²) < 4.78 is 13.4. The minimum absolute atomic E-state index is 0.253. The smallest absolute Gasteiger partial charge is 0.150 e. The highest BCUT2D eigenvalue weighted by Gasteiger charge is 2.12. The maximum atomic E-state index is 13.4. The monoisotopic (exact) mass is 282 g/mol. The molecule has 0 saturated heterocycles. The second kappa shape index (κ2) is 5.09.